The molecule has 0 unspecified atom stereocenters. The predicted octanol–water partition coefficient (Wildman–Crippen LogP) is 2.62. The zero-order valence-electron chi connectivity index (χ0n) is 8.18. The van der Waals surface area contributed by atoms with E-state index in [1.165, 1.54) is 0 Å². The van der Waals surface area contributed by atoms with Crippen molar-refractivity contribution in [1.29, 1.82) is 0 Å². The maximum Gasteiger partial charge on any atom is 0.0858 e. The number of hydrogen-bond acceptors (Lipinski definition) is 4. The SMILES string of the molecule is C=Nc1ccccc1SCN(C)N=C. The van der Waals surface area contributed by atoms with Gasteiger partial charge in [-0.2, -0.15) is 5.10 Å². The second-order valence-corrected chi connectivity index (χ2v) is 3.69. The van der Waals surface area contributed by atoms with Gasteiger partial charge in [0.05, 0.1) is 11.6 Å². The molecule has 14 heavy (non-hydrogen) atoms. The van der Waals surface area contributed by atoms with E-state index in [1.807, 2.05) is 31.3 Å². The Hall–Kier alpha value is -1.29. The molecule has 0 saturated carbocycles. The fourth-order valence-corrected chi connectivity index (χ4v) is 1.78. The summed E-state index contributed by atoms with van der Waals surface area (Å²) in [6.07, 6.45) is 0. The Bertz CT molecular complexity index is 325. The van der Waals surface area contributed by atoms with Gasteiger partial charge in [0.1, 0.15) is 0 Å². The maximum absolute atomic E-state index is 3.94. The maximum atomic E-state index is 3.94. The normalized spacial score (nSPS) is 9.50. The molecule has 0 saturated heterocycles. The number of hydrogen-bond donors (Lipinski definition) is 0. The van der Waals surface area contributed by atoms with Crippen LogP contribution in [-0.2, 0) is 0 Å². The molecule has 0 heterocycles. The molecular weight excluding hydrogens is 194 g/mol. The average Bonchev–Trinajstić information content (AvgIpc) is 2.26. The lowest BCUT2D eigenvalue weighted by atomic mass is 10.3. The Kier molecular flexibility index (Phi) is 4.19. The molecule has 0 radical (unpaired) electrons. The van der Waals surface area contributed by atoms with E-state index in [1.54, 1.807) is 16.8 Å². The van der Waals surface area contributed by atoms with Crippen LogP contribution in [0.5, 0.6) is 0 Å². The Morgan fingerprint density at radius 1 is 1.36 bits per heavy atom. The van der Waals surface area contributed by atoms with Crippen molar-refractivity contribution in [2.24, 2.45) is 10.1 Å². The van der Waals surface area contributed by atoms with Crippen molar-refractivity contribution in [2.45, 2.75) is 4.90 Å². The van der Waals surface area contributed by atoms with Crippen molar-refractivity contribution < 1.29 is 0 Å². The van der Waals surface area contributed by atoms with Gasteiger partial charge in [0.15, 0.2) is 0 Å². The molecule has 0 spiro atoms. The zero-order valence-corrected chi connectivity index (χ0v) is 9.00. The van der Waals surface area contributed by atoms with Gasteiger partial charge in [0.2, 0.25) is 0 Å². The summed E-state index contributed by atoms with van der Waals surface area (Å²) in [6, 6.07) is 7.89. The molecule has 0 fully saturated rings. The molecule has 3 nitrogen and oxygen atoms in total. The topological polar surface area (TPSA) is 28.0 Å². The van der Waals surface area contributed by atoms with Gasteiger partial charge in [0, 0.05) is 18.7 Å². The minimum absolute atomic E-state index is 0.760. The quantitative estimate of drug-likeness (QED) is 0.321. The summed E-state index contributed by atoms with van der Waals surface area (Å²) >= 11 is 1.66. The third-order valence-corrected chi connectivity index (χ3v) is 2.84. The number of aliphatic imine (C=N–C) groups is 1. The first-order chi connectivity index (χ1) is 6.77. The number of thioether (sulfide) groups is 1. The molecule has 0 atom stereocenters. The van der Waals surface area contributed by atoms with Crippen LogP contribution in [0.3, 0.4) is 0 Å². The molecule has 1 aromatic carbocycles. The van der Waals surface area contributed by atoms with E-state index in [2.05, 4.69) is 23.5 Å². The molecule has 1 rings (SSSR count). The third-order valence-electron chi connectivity index (χ3n) is 1.68. The monoisotopic (exact) mass is 207 g/mol. The van der Waals surface area contributed by atoms with E-state index < -0.39 is 0 Å². The first-order valence-corrected chi connectivity index (χ1v) is 5.13. The molecule has 4 heteroatoms. The Labute approximate surface area is 88.5 Å². The van der Waals surface area contributed by atoms with Crippen LogP contribution in [0.1, 0.15) is 0 Å². The highest BCUT2D eigenvalue weighted by Gasteiger charge is 2.00. The summed E-state index contributed by atoms with van der Waals surface area (Å²) in [4.78, 5) is 5.05. The second-order valence-electron chi connectivity index (χ2n) is 2.70. The van der Waals surface area contributed by atoms with Gasteiger partial charge >= 0.3 is 0 Å². The molecule has 1 aromatic rings. The number of rotatable bonds is 5. The van der Waals surface area contributed by atoms with Crippen molar-refractivity contribution in [3.63, 3.8) is 0 Å². The number of nitrogens with zero attached hydrogens (tertiary/aromatic N) is 3. The van der Waals surface area contributed by atoms with Gasteiger partial charge in [-0.25, -0.2) is 0 Å². The standard InChI is InChI=1S/C10H13N3S/c1-11-9-6-4-5-7-10(9)14-8-13(3)12-2/h4-7H,1-2,8H2,3H3. The first kappa shape index (κ1) is 10.8. The first-order valence-electron chi connectivity index (χ1n) is 4.14. The highest BCUT2D eigenvalue weighted by atomic mass is 32.2. The summed E-state index contributed by atoms with van der Waals surface area (Å²) in [7, 11) is 1.88. The van der Waals surface area contributed by atoms with Crippen LogP contribution in [0.4, 0.5) is 5.69 Å². The number of para-hydroxylation sites is 1. The molecule has 0 aliphatic rings. The van der Waals surface area contributed by atoms with Crippen LogP contribution in [0, 0.1) is 0 Å². The molecule has 0 aliphatic carbocycles. The number of benzene rings is 1. The van der Waals surface area contributed by atoms with Crippen molar-refractivity contribution in [1.82, 2.24) is 5.01 Å². The van der Waals surface area contributed by atoms with Crippen molar-refractivity contribution in [3.8, 4) is 0 Å². The van der Waals surface area contributed by atoms with Gasteiger partial charge in [-0.15, -0.1) is 11.8 Å². The van der Waals surface area contributed by atoms with Crippen molar-refractivity contribution in [2.75, 3.05) is 12.9 Å². The molecular formula is C10H13N3S. The van der Waals surface area contributed by atoms with Crippen LogP contribution in [-0.4, -0.2) is 31.4 Å². The van der Waals surface area contributed by atoms with E-state index >= 15 is 0 Å². The van der Waals surface area contributed by atoms with Crippen LogP contribution in [0.15, 0.2) is 39.3 Å². The minimum Gasteiger partial charge on any atom is -0.290 e. The third kappa shape index (κ3) is 2.88. The highest BCUT2D eigenvalue weighted by molar-refractivity contribution is 7.99. The van der Waals surface area contributed by atoms with E-state index in [-0.39, 0.29) is 0 Å². The predicted molar refractivity (Wildman–Crippen MR) is 63.7 cm³/mol. The van der Waals surface area contributed by atoms with E-state index in [0.29, 0.717) is 0 Å². The lowest BCUT2D eigenvalue weighted by molar-refractivity contribution is 0.424. The molecule has 74 valence electrons. The van der Waals surface area contributed by atoms with Gasteiger partial charge < -0.3 is 0 Å². The minimum atomic E-state index is 0.760. The fraction of sp³-hybridized carbons (Fsp3) is 0.200. The van der Waals surface area contributed by atoms with Crippen LogP contribution in [0.25, 0.3) is 0 Å². The zero-order chi connectivity index (χ0) is 10.4. The number of hydrazone groups is 1. The summed E-state index contributed by atoms with van der Waals surface area (Å²) in [5.41, 5.74) is 0.912. The summed E-state index contributed by atoms with van der Waals surface area (Å²) in [5.74, 6) is 0.760. The Morgan fingerprint density at radius 2 is 2.07 bits per heavy atom. The molecule has 0 aliphatic heterocycles. The van der Waals surface area contributed by atoms with Crippen molar-refractivity contribution >= 4 is 30.9 Å². The van der Waals surface area contributed by atoms with Crippen LogP contribution < -0.4 is 0 Å². The fourth-order valence-electron chi connectivity index (χ4n) is 0.914. The smallest absolute Gasteiger partial charge is 0.0858 e. The van der Waals surface area contributed by atoms with Crippen LogP contribution >= 0.6 is 11.8 Å². The molecule has 0 aromatic heterocycles. The second kappa shape index (κ2) is 5.44. The molecule has 0 amide bonds. The van der Waals surface area contributed by atoms with Gasteiger partial charge in [0.25, 0.3) is 0 Å². The van der Waals surface area contributed by atoms with Crippen LogP contribution in [0.2, 0.25) is 0 Å². The summed E-state index contributed by atoms with van der Waals surface area (Å²) < 4.78 is 0. The largest absolute Gasteiger partial charge is 0.290 e. The lowest BCUT2D eigenvalue weighted by Gasteiger charge is -2.11. The highest BCUT2D eigenvalue weighted by Crippen LogP contribution is 2.28. The van der Waals surface area contributed by atoms with Crippen molar-refractivity contribution in [3.05, 3.63) is 24.3 Å². The van der Waals surface area contributed by atoms with Gasteiger partial charge in [-0.3, -0.25) is 10.0 Å². The lowest BCUT2D eigenvalue weighted by Crippen LogP contribution is -2.08. The Balaban J connectivity index is 2.66. The van der Waals surface area contributed by atoms with E-state index in [4.69, 9.17) is 0 Å². The molecule has 0 N–H and O–H groups in total. The molecule has 0 bridgehead atoms. The summed E-state index contributed by atoms with van der Waals surface area (Å²) in [5, 5.41) is 5.54. The Morgan fingerprint density at radius 3 is 2.71 bits per heavy atom. The average molecular weight is 207 g/mol. The summed E-state index contributed by atoms with van der Waals surface area (Å²) in [6.45, 7) is 6.97. The van der Waals surface area contributed by atoms with Gasteiger partial charge in [-0.1, -0.05) is 12.1 Å². The van der Waals surface area contributed by atoms with E-state index in [0.717, 1.165) is 16.5 Å². The van der Waals surface area contributed by atoms with E-state index in [9.17, 15) is 0 Å². The van der Waals surface area contributed by atoms with Gasteiger partial charge in [-0.05, 0) is 18.9 Å².